The Labute approximate surface area is 127 Å². The Hall–Kier alpha value is -0.610. The Balaban J connectivity index is 2.48. The molecule has 0 fully saturated rings. The van der Waals surface area contributed by atoms with Crippen LogP contribution in [0.4, 0.5) is 0 Å². The molecule has 1 aromatic carbocycles. The van der Waals surface area contributed by atoms with E-state index < -0.39 is 6.10 Å². The van der Waals surface area contributed by atoms with E-state index in [1.54, 1.807) is 0 Å². The van der Waals surface area contributed by atoms with E-state index in [0.29, 0.717) is 13.2 Å². The summed E-state index contributed by atoms with van der Waals surface area (Å²) >= 11 is 5.90. The van der Waals surface area contributed by atoms with Crippen LogP contribution in [0.5, 0.6) is 0 Å². The monoisotopic (exact) mass is 299 g/mol. The Kier molecular flexibility index (Phi) is 6.02. The van der Waals surface area contributed by atoms with Crippen LogP contribution in [0.2, 0.25) is 5.02 Å². The summed E-state index contributed by atoms with van der Waals surface area (Å²) in [6.45, 7) is 10.9. The summed E-state index contributed by atoms with van der Waals surface area (Å²) in [5, 5.41) is 14.0. The molecular weight excluding hydrogens is 274 g/mol. The molecule has 0 saturated heterocycles. The first-order chi connectivity index (χ1) is 9.10. The smallest absolute Gasteiger partial charge is 0.0898 e. The van der Waals surface area contributed by atoms with Gasteiger partial charge >= 0.3 is 0 Å². The molecule has 1 rings (SSSR count). The molecule has 2 N–H and O–H groups in total. The highest BCUT2D eigenvalue weighted by molar-refractivity contribution is 6.30. The lowest BCUT2D eigenvalue weighted by Gasteiger charge is -2.29. The SMILES string of the molecule is CC(C)(C)OCC(O)CNC(C)(C)c1ccc(Cl)cc1. The number of hydrogen-bond acceptors (Lipinski definition) is 3. The van der Waals surface area contributed by atoms with Gasteiger partial charge in [0, 0.05) is 17.1 Å². The molecule has 0 aliphatic carbocycles. The average Bonchev–Trinajstić information content (AvgIpc) is 2.34. The van der Waals surface area contributed by atoms with Gasteiger partial charge in [-0.05, 0) is 52.3 Å². The number of nitrogens with one attached hydrogen (secondary N) is 1. The van der Waals surface area contributed by atoms with Crippen molar-refractivity contribution in [3.63, 3.8) is 0 Å². The molecule has 0 bridgehead atoms. The van der Waals surface area contributed by atoms with E-state index in [-0.39, 0.29) is 11.1 Å². The van der Waals surface area contributed by atoms with Crippen LogP contribution in [-0.2, 0) is 10.3 Å². The minimum Gasteiger partial charge on any atom is -0.389 e. The van der Waals surface area contributed by atoms with Gasteiger partial charge < -0.3 is 15.2 Å². The van der Waals surface area contributed by atoms with Crippen LogP contribution in [0.25, 0.3) is 0 Å². The Morgan fingerprint density at radius 3 is 2.20 bits per heavy atom. The molecule has 20 heavy (non-hydrogen) atoms. The van der Waals surface area contributed by atoms with Crippen molar-refractivity contribution < 1.29 is 9.84 Å². The molecule has 0 amide bonds. The number of hydrogen-bond donors (Lipinski definition) is 2. The first-order valence-electron chi connectivity index (χ1n) is 6.93. The highest BCUT2D eigenvalue weighted by Crippen LogP contribution is 2.21. The van der Waals surface area contributed by atoms with E-state index in [2.05, 4.69) is 19.2 Å². The number of rotatable bonds is 6. The zero-order chi connectivity index (χ0) is 15.4. The predicted molar refractivity (Wildman–Crippen MR) is 84.2 cm³/mol. The molecule has 4 heteroatoms. The van der Waals surface area contributed by atoms with E-state index in [9.17, 15) is 5.11 Å². The minimum absolute atomic E-state index is 0.229. The number of aliphatic hydroxyl groups excluding tert-OH is 1. The quantitative estimate of drug-likeness (QED) is 0.846. The van der Waals surface area contributed by atoms with Gasteiger partial charge in [-0.2, -0.15) is 0 Å². The van der Waals surface area contributed by atoms with E-state index in [4.69, 9.17) is 16.3 Å². The lowest BCUT2D eigenvalue weighted by atomic mass is 9.94. The van der Waals surface area contributed by atoms with Gasteiger partial charge in [0.15, 0.2) is 0 Å². The molecule has 114 valence electrons. The molecule has 0 spiro atoms. The minimum atomic E-state index is -0.527. The van der Waals surface area contributed by atoms with Crippen LogP contribution < -0.4 is 5.32 Å². The Morgan fingerprint density at radius 2 is 1.70 bits per heavy atom. The lowest BCUT2D eigenvalue weighted by Crippen LogP contribution is -2.43. The maximum atomic E-state index is 9.96. The van der Waals surface area contributed by atoms with Crippen LogP contribution >= 0.6 is 11.6 Å². The van der Waals surface area contributed by atoms with Gasteiger partial charge in [0.1, 0.15) is 0 Å². The molecule has 3 nitrogen and oxygen atoms in total. The van der Waals surface area contributed by atoms with Gasteiger partial charge in [0.2, 0.25) is 0 Å². The summed E-state index contributed by atoms with van der Waals surface area (Å²) in [5.74, 6) is 0. The summed E-state index contributed by atoms with van der Waals surface area (Å²) in [6, 6.07) is 7.74. The second-order valence-electron chi connectivity index (χ2n) is 6.59. The summed E-state index contributed by atoms with van der Waals surface area (Å²) in [6.07, 6.45) is -0.527. The van der Waals surface area contributed by atoms with Crippen molar-refractivity contribution in [1.82, 2.24) is 5.32 Å². The molecule has 1 unspecified atom stereocenters. The van der Waals surface area contributed by atoms with Gasteiger partial charge in [-0.3, -0.25) is 0 Å². The van der Waals surface area contributed by atoms with E-state index in [1.807, 2.05) is 45.0 Å². The third-order valence-corrected chi connectivity index (χ3v) is 3.31. The standard InChI is InChI=1S/C16H26ClNO2/c1-15(2,3)20-11-14(19)10-18-16(4,5)12-6-8-13(17)9-7-12/h6-9,14,18-19H,10-11H2,1-5H3. The van der Waals surface area contributed by atoms with E-state index in [1.165, 1.54) is 0 Å². The molecule has 0 aromatic heterocycles. The van der Waals surface area contributed by atoms with Crippen molar-refractivity contribution in [2.75, 3.05) is 13.2 Å². The number of halogens is 1. The highest BCUT2D eigenvalue weighted by Gasteiger charge is 2.21. The fourth-order valence-electron chi connectivity index (χ4n) is 1.75. The second-order valence-corrected chi connectivity index (χ2v) is 7.03. The fourth-order valence-corrected chi connectivity index (χ4v) is 1.87. The highest BCUT2D eigenvalue weighted by atomic mass is 35.5. The lowest BCUT2D eigenvalue weighted by molar-refractivity contribution is -0.0491. The topological polar surface area (TPSA) is 41.5 Å². The van der Waals surface area contributed by atoms with Gasteiger partial charge in [-0.15, -0.1) is 0 Å². The van der Waals surface area contributed by atoms with Crippen molar-refractivity contribution >= 4 is 11.6 Å². The van der Waals surface area contributed by atoms with Gasteiger partial charge in [0.05, 0.1) is 18.3 Å². The predicted octanol–water partition coefficient (Wildman–Crippen LogP) is 3.34. The normalized spacial score (nSPS) is 14.3. The zero-order valence-corrected chi connectivity index (χ0v) is 13.8. The molecule has 0 heterocycles. The second kappa shape index (κ2) is 6.90. The maximum Gasteiger partial charge on any atom is 0.0898 e. The molecule has 0 radical (unpaired) electrons. The Morgan fingerprint density at radius 1 is 1.15 bits per heavy atom. The number of benzene rings is 1. The van der Waals surface area contributed by atoms with Gasteiger partial charge in [-0.1, -0.05) is 23.7 Å². The molecule has 1 aromatic rings. The molecular formula is C16H26ClNO2. The summed E-state index contributed by atoms with van der Waals surface area (Å²) in [4.78, 5) is 0. The fraction of sp³-hybridized carbons (Fsp3) is 0.625. The van der Waals surface area contributed by atoms with Gasteiger partial charge in [-0.25, -0.2) is 0 Å². The van der Waals surface area contributed by atoms with Crippen LogP contribution in [0.15, 0.2) is 24.3 Å². The number of ether oxygens (including phenoxy) is 1. The van der Waals surface area contributed by atoms with Crippen molar-refractivity contribution in [3.05, 3.63) is 34.9 Å². The third-order valence-electron chi connectivity index (χ3n) is 3.05. The van der Waals surface area contributed by atoms with Crippen molar-refractivity contribution in [3.8, 4) is 0 Å². The van der Waals surface area contributed by atoms with Crippen molar-refractivity contribution in [1.29, 1.82) is 0 Å². The molecule has 1 atom stereocenters. The summed E-state index contributed by atoms with van der Waals surface area (Å²) in [7, 11) is 0. The van der Waals surface area contributed by atoms with Crippen LogP contribution in [0.1, 0.15) is 40.2 Å². The van der Waals surface area contributed by atoms with Crippen LogP contribution in [-0.4, -0.2) is 30.0 Å². The summed E-state index contributed by atoms with van der Waals surface area (Å²) in [5.41, 5.74) is 0.672. The van der Waals surface area contributed by atoms with E-state index in [0.717, 1.165) is 10.6 Å². The van der Waals surface area contributed by atoms with Crippen molar-refractivity contribution in [2.45, 2.75) is 51.9 Å². The number of aliphatic hydroxyl groups is 1. The summed E-state index contributed by atoms with van der Waals surface area (Å²) < 4.78 is 5.57. The molecule has 0 saturated carbocycles. The van der Waals surface area contributed by atoms with E-state index >= 15 is 0 Å². The average molecular weight is 300 g/mol. The van der Waals surface area contributed by atoms with Crippen LogP contribution in [0, 0.1) is 0 Å². The zero-order valence-electron chi connectivity index (χ0n) is 13.0. The first kappa shape index (κ1) is 17.4. The first-order valence-corrected chi connectivity index (χ1v) is 7.31. The Bertz CT molecular complexity index is 409. The largest absolute Gasteiger partial charge is 0.389 e. The maximum absolute atomic E-state index is 9.96. The van der Waals surface area contributed by atoms with Crippen LogP contribution in [0.3, 0.4) is 0 Å². The van der Waals surface area contributed by atoms with Crippen molar-refractivity contribution in [2.24, 2.45) is 0 Å². The molecule has 0 aliphatic heterocycles. The van der Waals surface area contributed by atoms with Gasteiger partial charge in [0.25, 0.3) is 0 Å². The third kappa shape index (κ3) is 6.23. The molecule has 0 aliphatic rings.